The van der Waals surface area contributed by atoms with Gasteiger partial charge in [0, 0.05) is 13.7 Å². The lowest BCUT2D eigenvalue weighted by Gasteiger charge is -2.23. The summed E-state index contributed by atoms with van der Waals surface area (Å²) in [5.74, 6) is -0.439. The molecule has 0 saturated carbocycles. The third-order valence-electron chi connectivity index (χ3n) is 2.93. The molecule has 19 heavy (non-hydrogen) atoms. The second-order valence-corrected chi connectivity index (χ2v) is 6.86. The van der Waals surface area contributed by atoms with E-state index in [9.17, 15) is 12.8 Å². The molecule has 4 nitrogen and oxygen atoms in total. The van der Waals surface area contributed by atoms with E-state index in [-0.39, 0.29) is 11.4 Å². The molecule has 1 N–H and O–H groups in total. The summed E-state index contributed by atoms with van der Waals surface area (Å²) >= 11 is 0. The van der Waals surface area contributed by atoms with Gasteiger partial charge < -0.3 is 4.74 Å². The number of sulfonamides is 1. The van der Waals surface area contributed by atoms with Crippen molar-refractivity contribution in [3.63, 3.8) is 0 Å². The first-order valence-corrected chi connectivity index (χ1v) is 7.39. The Morgan fingerprint density at radius 2 is 1.74 bits per heavy atom. The highest BCUT2D eigenvalue weighted by Gasteiger charge is 2.24. The van der Waals surface area contributed by atoms with Crippen LogP contribution < -0.4 is 4.72 Å². The molecule has 1 aromatic rings. The maximum Gasteiger partial charge on any atom is 0.241 e. The van der Waals surface area contributed by atoms with Crippen molar-refractivity contribution in [3.05, 3.63) is 29.1 Å². The van der Waals surface area contributed by atoms with E-state index in [0.29, 0.717) is 11.1 Å². The van der Waals surface area contributed by atoms with Crippen molar-refractivity contribution in [2.75, 3.05) is 13.7 Å². The normalized spacial score (nSPS) is 12.7. The maximum atomic E-state index is 13.2. The SMILES string of the molecule is COC(C)(C)CNS(=O)(=O)c1c(C)cc(F)cc1C. The van der Waals surface area contributed by atoms with Crippen molar-refractivity contribution in [2.24, 2.45) is 0 Å². The van der Waals surface area contributed by atoms with Gasteiger partial charge in [-0.05, 0) is 51.0 Å². The van der Waals surface area contributed by atoms with E-state index < -0.39 is 21.4 Å². The highest BCUT2D eigenvalue weighted by Crippen LogP contribution is 2.21. The summed E-state index contributed by atoms with van der Waals surface area (Å²) in [6, 6.07) is 2.42. The number of benzene rings is 1. The Hall–Kier alpha value is -0.980. The van der Waals surface area contributed by atoms with Crippen LogP contribution in [0.1, 0.15) is 25.0 Å². The van der Waals surface area contributed by atoms with Crippen LogP contribution in [0.4, 0.5) is 4.39 Å². The Morgan fingerprint density at radius 3 is 2.16 bits per heavy atom. The fraction of sp³-hybridized carbons (Fsp3) is 0.538. The van der Waals surface area contributed by atoms with Crippen LogP contribution in [0.3, 0.4) is 0 Å². The standard InChI is InChI=1S/C13H20FNO3S/c1-9-6-11(14)7-10(2)12(9)19(16,17)15-8-13(3,4)18-5/h6-7,15H,8H2,1-5H3. The van der Waals surface area contributed by atoms with E-state index in [1.165, 1.54) is 19.2 Å². The Morgan fingerprint density at radius 1 is 1.26 bits per heavy atom. The summed E-state index contributed by atoms with van der Waals surface area (Å²) < 4.78 is 45.4. The highest BCUT2D eigenvalue weighted by atomic mass is 32.2. The van der Waals surface area contributed by atoms with Crippen molar-refractivity contribution in [3.8, 4) is 0 Å². The summed E-state index contributed by atoms with van der Waals surface area (Å²) in [5, 5.41) is 0. The number of hydrogen-bond acceptors (Lipinski definition) is 3. The molecule has 1 rings (SSSR count). The van der Waals surface area contributed by atoms with Gasteiger partial charge in [0.15, 0.2) is 0 Å². The van der Waals surface area contributed by atoms with Gasteiger partial charge in [-0.1, -0.05) is 0 Å². The number of ether oxygens (including phenoxy) is 1. The molecule has 0 aliphatic carbocycles. The molecule has 0 aromatic heterocycles. The first kappa shape index (κ1) is 16.1. The zero-order valence-corrected chi connectivity index (χ0v) is 12.7. The van der Waals surface area contributed by atoms with Crippen LogP contribution >= 0.6 is 0 Å². The maximum absolute atomic E-state index is 13.2. The monoisotopic (exact) mass is 289 g/mol. The molecule has 0 saturated heterocycles. The van der Waals surface area contributed by atoms with Crippen molar-refractivity contribution >= 4 is 10.0 Å². The molecule has 0 aliphatic heterocycles. The van der Waals surface area contributed by atoms with Crippen LogP contribution in [0.5, 0.6) is 0 Å². The van der Waals surface area contributed by atoms with Crippen LogP contribution in [0, 0.1) is 19.7 Å². The van der Waals surface area contributed by atoms with Crippen LogP contribution in [0.15, 0.2) is 17.0 Å². The average molecular weight is 289 g/mol. The first-order chi connectivity index (χ1) is 8.59. The summed E-state index contributed by atoms with van der Waals surface area (Å²) in [6.07, 6.45) is 0. The lowest BCUT2D eigenvalue weighted by molar-refractivity contribution is 0.0276. The van der Waals surface area contributed by atoms with Gasteiger partial charge >= 0.3 is 0 Å². The van der Waals surface area contributed by atoms with Crippen LogP contribution in [0.25, 0.3) is 0 Å². The van der Waals surface area contributed by atoms with Gasteiger partial charge in [-0.2, -0.15) is 0 Å². The molecule has 0 bridgehead atoms. The van der Waals surface area contributed by atoms with E-state index >= 15 is 0 Å². The summed E-state index contributed by atoms with van der Waals surface area (Å²) in [5.41, 5.74) is 0.176. The zero-order chi connectivity index (χ0) is 14.8. The van der Waals surface area contributed by atoms with Gasteiger partial charge in [0.2, 0.25) is 10.0 Å². The number of hydrogen-bond donors (Lipinski definition) is 1. The van der Waals surface area contributed by atoms with Crippen molar-refractivity contribution in [2.45, 2.75) is 38.2 Å². The third-order valence-corrected chi connectivity index (χ3v) is 4.64. The largest absolute Gasteiger partial charge is 0.377 e. The van der Waals surface area contributed by atoms with Crippen molar-refractivity contribution in [1.29, 1.82) is 0 Å². The predicted molar refractivity (Wildman–Crippen MR) is 72.2 cm³/mol. The number of methoxy groups -OCH3 is 1. The second-order valence-electron chi connectivity index (χ2n) is 5.16. The summed E-state index contributed by atoms with van der Waals surface area (Å²) in [6.45, 7) is 6.85. The van der Waals surface area contributed by atoms with Gasteiger partial charge in [0.25, 0.3) is 0 Å². The topological polar surface area (TPSA) is 55.4 Å². The molecular formula is C13H20FNO3S. The molecule has 0 unspecified atom stereocenters. The third kappa shape index (κ3) is 3.99. The van der Waals surface area contributed by atoms with Crippen LogP contribution in [-0.2, 0) is 14.8 Å². The molecule has 0 aliphatic rings. The zero-order valence-electron chi connectivity index (χ0n) is 11.9. The fourth-order valence-corrected chi connectivity index (χ4v) is 3.38. The van der Waals surface area contributed by atoms with E-state index in [4.69, 9.17) is 4.74 Å². The van der Waals surface area contributed by atoms with Gasteiger partial charge in [-0.3, -0.25) is 0 Å². The molecule has 0 fully saturated rings. The summed E-state index contributed by atoms with van der Waals surface area (Å²) in [7, 11) is -2.16. The van der Waals surface area contributed by atoms with Crippen LogP contribution in [-0.4, -0.2) is 27.7 Å². The Labute approximate surface area is 114 Å². The lowest BCUT2D eigenvalue weighted by atomic mass is 10.1. The summed E-state index contributed by atoms with van der Waals surface area (Å²) in [4.78, 5) is 0.126. The van der Waals surface area contributed by atoms with E-state index in [1.54, 1.807) is 27.7 Å². The second kappa shape index (κ2) is 5.56. The molecule has 1 aromatic carbocycles. The van der Waals surface area contributed by atoms with E-state index in [1.807, 2.05) is 0 Å². The Bertz CT molecular complexity index is 544. The minimum atomic E-state index is -3.68. The smallest absolute Gasteiger partial charge is 0.241 e. The molecular weight excluding hydrogens is 269 g/mol. The molecule has 108 valence electrons. The Kier molecular flexibility index (Phi) is 4.71. The van der Waals surface area contributed by atoms with Gasteiger partial charge in [-0.15, -0.1) is 0 Å². The number of aryl methyl sites for hydroxylation is 2. The highest BCUT2D eigenvalue weighted by molar-refractivity contribution is 7.89. The number of nitrogens with one attached hydrogen (secondary N) is 1. The number of halogens is 1. The minimum absolute atomic E-state index is 0.126. The predicted octanol–water partition coefficient (Wildman–Crippen LogP) is 2.15. The quantitative estimate of drug-likeness (QED) is 0.903. The molecule has 0 atom stereocenters. The van der Waals surface area contributed by atoms with Crippen molar-refractivity contribution < 1.29 is 17.5 Å². The van der Waals surface area contributed by atoms with Crippen LogP contribution in [0.2, 0.25) is 0 Å². The average Bonchev–Trinajstić information content (AvgIpc) is 2.25. The van der Waals surface area contributed by atoms with Gasteiger partial charge in [0.1, 0.15) is 5.82 Å². The molecule has 0 radical (unpaired) electrons. The molecule has 0 spiro atoms. The molecule has 0 heterocycles. The lowest BCUT2D eigenvalue weighted by Crippen LogP contribution is -2.40. The number of rotatable bonds is 5. The van der Waals surface area contributed by atoms with E-state index in [0.717, 1.165) is 0 Å². The fourth-order valence-electron chi connectivity index (χ4n) is 1.73. The Balaban J connectivity index is 3.09. The van der Waals surface area contributed by atoms with Crippen molar-refractivity contribution in [1.82, 2.24) is 4.72 Å². The van der Waals surface area contributed by atoms with E-state index in [2.05, 4.69) is 4.72 Å². The molecule has 6 heteroatoms. The minimum Gasteiger partial charge on any atom is -0.377 e. The first-order valence-electron chi connectivity index (χ1n) is 5.90. The molecule has 0 amide bonds. The van der Waals surface area contributed by atoms with Gasteiger partial charge in [0.05, 0.1) is 10.5 Å². The van der Waals surface area contributed by atoms with Gasteiger partial charge in [-0.25, -0.2) is 17.5 Å².